The summed E-state index contributed by atoms with van der Waals surface area (Å²) in [7, 11) is 0. The summed E-state index contributed by atoms with van der Waals surface area (Å²) in [5.74, 6) is 1.13. The van der Waals surface area contributed by atoms with Crippen LogP contribution in [0.15, 0.2) is 48.8 Å². The van der Waals surface area contributed by atoms with Gasteiger partial charge in [-0.1, -0.05) is 13.0 Å². The number of aryl methyl sites for hydroxylation is 3. The Bertz CT molecular complexity index is 924. The molecule has 0 aliphatic heterocycles. The van der Waals surface area contributed by atoms with E-state index in [-0.39, 0.29) is 12.2 Å². The van der Waals surface area contributed by atoms with E-state index in [0.29, 0.717) is 23.6 Å². The fourth-order valence-corrected chi connectivity index (χ4v) is 2.52. The maximum Gasteiger partial charge on any atom is 0.187 e. The third-order valence-electron chi connectivity index (χ3n) is 4.12. The van der Waals surface area contributed by atoms with Gasteiger partial charge in [0.15, 0.2) is 5.78 Å². The van der Waals surface area contributed by atoms with E-state index in [0.717, 1.165) is 22.6 Å². The number of aromatic nitrogens is 3. The molecule has 5 heteroatoms. The second-order valence-electron chi connectivity index (χ2n) is 6.13. The molecule has 132 valence electrons. The van der Waals surface area contributed by atoms with Crippen molar-refractivity contribution in [2.75, 3.05) is 0 Å². The summed E-state index contributed by atoms with van der Waals surface area (Å²) < 4.78 is 5.83. The van der Waals surface area contributed by atoms with Gasteiger partial charge in [0.05, 0.1) is 12.6 Å². The number of hydrogen-bond donors (Lipinski definition) is 0. The Morgan fingerprint density at radius 3 is 2.58 bits per heavy atom. The van der Waals surface area contributed by atoms with Crippen molar-refractivity contribution in [3.05, 3.63) is 77.1 Å². The van der Waals surface area contributed by atoms with Crippen LogP contribution >= 0.6 is 0 Å². The van der Waals surface area contributed by atoms with Crippen LogP contribution in [0.5, 0.6) is 11.5 Å². The third-order valence-corrected chi connectivity index (χ3v) is 4.12. The first-order valence-corrected chi connectivity index (χ1v) is 8.60. The van der Waals surface area contributed by atoms with Gasteiger partial charge in [-0.15, -0.1) is 0 Å². The topological polar surface area (TPSA) is 65.0 Å². The summed E-state index contributed by atoms with van der Waals surface area (Å²) in [5, 5.41) is 0. The zero-order chi connectivity index (χ0) is 18.5. The predicted octanol–water partition coefficient (Wildman–Crippen LogP) is 4.27. The van der Waals surface area contributed by atoms with Crippen molar-refractivity contribution in [2.24, 2.45) is 0 Å². The first kappa shape index (κ1) is 17.7. The molecule has 0 saturated carbocycles. The lowest BCUT2D eigenvalue weighted by Gasteiger charge is -2.09. The number of rotatable bonds is 6. The minimum absolute atomic E-state index is 0.0768. The number of Topliss-reactive ketones (excluding diaryl/α,β-unsaturated/α-hetero) is 1. The van der Waals surface area contributed by atoms with Gasteiger partial charge in [-0.05, 0) is 44.0 Å². The fourth-order valence-electron chi connectivity index (χ4n) is 2.52. The van der Waals surface area contributed by atoms with E-state index in [9.17, 15) is 4.79 Å². The van der Waals surface area contributed by atoms with E-state index in [1.54, 1.807) is 24.5 Å². The molecule has 0 fully saturated rings. The quantitative estimate of drug-likeness (QED) is 0.623. The fraction of sp³-hybridized carbons (Fsp3) is 0.238. The van der Waals surface area contributed by atoms with Crippen LogP contribution in [0.4, 0.5) is 0 Å². The van der Waals surface area contributed by atoms with Crippen LogP contribution < -0.4 is 4.74 Å². The van der Waals surface area contributed by atoms with Gasteiger partial charge >= 0.3 is 0 Å². The monoisotopic (exact) mass is 347 g/mol. The molecule has 0 aromatic carbocycles. The minimum Gasteiger partial charge on any atom is -0.456 e. The Morgan fingerprint density at radius 2 is 1.88 bits per heavy atom. The van der Waals surface area contributed by atoms with Crippen molar-refractivity contribution in [1.29, 1.82) is 0 Å². The van der Waals surface area contributed by atoms with E-state index in [4.69, 9.17) is 4.74 Å². The number of pyridine rings is 3. The molecular weight excluding hydrogens is 326 g/mol. The molecule has 26 heavy (non-hydrogen) atoms. The lowest BCUT2D eigenvalue weighted by molar-refractivity contribution is 0.0986. The van der Waals surface area contributed by atoms with Crippen LogP contribution in [-0.4, -0.2) is 20.7 Å². The first-order valence-electron chi connectivity index (χ1n) is 8.60. The van der Waals surface area contributed by atoms with Crippen molar-refractivity contribution in [3.63, 3.8) is 0 Å². The lowest BCUT2D eigenvalue weighted by atomic mass is 10.1. The van der Waals surface area contributed by atoms with Gasteiger partial charge in [0, 0.05) is 35.4 Å². The van der Waals surface area contributed by atoms with E-state index in [2.05, 4.69) is 15.0 Å². The number of hydrogen-bond acceptors (Lipinski definition) is 5. The summed E-state index contributed by atoms with van der Waals surface area (Å²) >= 11 is 0. The number of carbonyl (C=O) groups is 1. The first-order chi connectivity index (χ1) is 12.5. The summed E-state index contributed by atoms with van der Waals surface area (Å²) in [6, 6.07) is 11.0. The molecule has 0 atom stereocenters. The van der Waals surface area contributed by atoms with Gasteiger partial charge in [0.1, 0.15) is 17.2 Å². The molecule has 3 heterocycles. The van der Waals surface area contributed by atoms with Gasteiger partial charge in [0.25, 0.3) is 0 Å². The van der Waals surface area contributed by atoms with Gasteiger partial charge in [-0.3, -0.25) is 14.8 Å². The molecule has 0 amide bonds. The molecular formula is C21H21N3O2. The van der Waals surface area contributed by atoms with E-state index in [1.165, 1.54) is 0 Å². The summed E-state index contributed by atoms with van der Waals surface area (Å²) in [5.41, 5.74) is 3.99. The molecule has 0 aliphatic rings. The van der Waals surface area contributed by atoms with Crippen LogP contribution in [0.1, 0.15) is 40.1 Å². The smallest absolute Gasteiger partial charge is 0.187 e. The molecule has 0 aliphatic carbocycles. The molecule has 0 radical (unpaired) electrons. The average Bonchev–Trinajstić information content (AvgIpc) is 2.65. The molecule has 0 unspecified atom stereocenters. The van der Waals surface area contributed by atoms with Gasteiger partial charge < -0.3 is 4.74 Å². The van der Waals surface area contributed by atoms with Gasteiger partial charge in [-0.2, -0.15) is 0 Å². The van der Waals surface area contributed by atoms with E-state index in [1.807, 2.05) is 45.0 Å². The number of nitrogens with zero attached hydrogens (tertiary/aromatic N) is 3. The maximum atomic E-state index is 12.7. The highest BCUT2D eigenvalue weighted by atomic mass is 16.5. The number of carbonyl (C=O) groups excluding carboxylic acids is 1. The summed E-state index contributed by atoms with van der Waals surface area (Å²) in [6.07, 6.45) is 4.25. The predicted molar refractivity (Wildman–Crippen MR) is 99.7 cm³/mol. The Kier molecular flexibility index (Phi) is 5.37. The molecule has 3 aromatic rings. The van der Waals surface area contributed by atoms with Crippen LogP contribution in [0.25, 0.3) is 0 Å². The summed E-state index contributed by atoms with van der Waals surface area (Å²) in [4.78, 5) is 25.7. The second kappa shape index (κ2) is 7.87. The molecule has 3 aromatic heterocycles. The molecule has 3 rings (SSSR count). The van der Waals surface area contributed by atoms with Crippen LogP contribution in [0.2, 0.25) is 0 Å². The lowest BCUT2D eigenvalue weighted by Crippen LogP contribution is -2.09. The largest absolute Gasteiger partial charge is 0.456 e. The zero-order valence-electron chi connectivity index (χ0n) is 15.2. The third kappa shape index (κ3) is 4.30. The van der Waals surface area contributed by atoms with Crippen LogP contribution in [0, 0.1) is 13.8 Å². The van der Waals surface area contributed by atoms with Crippen molar-refractivity contribution in [3.8, 4) is 11.5 Å². The standard InChI is InChI=1S/C21H21N3O2/c1-4-16-10-19(26-18-6-5-9-22-13-18)12-20(24-16)21(25)11-17-8-7-14(2)15(3)23-17/h5-10,12-13H,4,11H2,1-3H3. The van der Waals surface area contributed by atoms with Gasteiger partial charge in [0.2, 0.25) is 0 Å². The SMILES string of the molecule is CCc1cc(Oc2cccnc2)cc(C(=O)Cc2ccc(C)c(C)n2)n1. The van der Waals surface area contributed by atoms with Crippen LogP contribution in [-0.2, 0) is 12.8 Å². The zero-order valence-corrected chi connectivity index (χ0v) is 15.2. The van der Waals surface area contributed by atoms with E-state index >= 15 is 0 Å². The molecule has 0 spiro atoms. The normalized spacial score (nSPS) is 10.6. The van der Waals surface area contributed by atoms with Crippen molar-refractivity contribution in [2.45, 2.75) is 33.6 Å². The molecule has 0 N–H and O–H groups in total. The highest BCUT2D eigenvalue weighted by Crippen LogP contribution is 2.23. The number of ketones is 1. The van der Waals surface area contributed by atoms with Gasteiger partial charge in [-0.25, -0.2) is 4.98 Å². The average molecular weight is 347 g/mol. The molecule has 5 nitrogen and oxygen atoms in total. The van der Waals surface area contributed by atoms with Crippen molar-refractivity contribution in [1.82, 2.24) is 15.0 Å². The highest BCUT2D eigenvalue weighted by Gasteiger charge is 2.13. The van der Waals surface area contributed by atoms with Crippen molar-refractivity contribution >= 4 is 5.78 Å². The van der Waals surface area contributed by atoms with Crippen molar-refractivity contribution < 1.29 is 9.53 Å². The highest BCUT2D eigenvalue weighted by molar-refractivity contribution is 5.96. The molecule has 0 saturated heterocycles. The van der Waals surface area contributed by atoms with E-state index < -0.39 is 0 Å². The molecule has 0 bridgehead atoms. The Labute approximate surface area is 153 Å². The minimum atomic E-state index is -0.0768. The number of ether oxygens (including phenoxy) is 1. The van der Waals surface area contributed by atoms with Crippen LogP contribution in [0.3, 0.4) is 0 Å². The second-order valence-corrected chi connectivity index (χ2v) is 6.13. The summed E-state index contributed by atoms with van der Waals surface area (Å²) in [6.45, 7) is 5.94. The Hall–Kier alpha value is -3.08. The maximum absolute atomic E-state index is 12.7. The Balaban J connectivity index is 1.84. The Morgan fingerprint density at radius 1 is 1.04 bits per heavy atom.